The van der Waals surface area contributed by atoms with Gasteiger partial charge in [-0.25, -0.2) is 24.0 Å². The number of ether oxygens (including phenoxy) is 9. The van der Waals surface area contributed by atoms with Crippen LogP contribution in [0, 0.1) is 16.7 Å². The number of aliphatic hydroxyl groups is 3. The van der Waals surface area contributed by atoms with E-state index in [4.69, 9.17) is 42.6 Å². The molecule has 6 rings (SSSR count). The van der Waals surface area contributed by atoms with Gasteiger partial charge in [-0.3, -0.25) is 9.59 Å². The van der Waals surface area contributed by atoms with E-state index in [-0.39, 0.29) is 57.1 Å². The summed E-state index contributed by atoms with van der Waals surface area (Å²) in [6.07, 6.45) is -10.6. The van der Waals surface area contributed by atoms with E-state index in [1.165, 1.54) is 26.0 Å². The minimum Gasteiger partial charge on any atom is -0.455 e. The number of hydrogen-bond acceptors (Lipinski definition) is 19. The fourth-order valence-corrected chi connectivity index (χ4v) is 10.6. The van der Waals surface area contributed by atoms with E-state index in [9.17, 15) is 44.1 Å². The molecule has 2 aliphatic carbocycles. The third kappa shape index (κ3) is 14.7. The molecule has 3 aromatic carbocycles. The molecule has 21 heteroatoms. The molecular weight excluding hydrogens is 1030 g/mol. The maximum atomic E-state index is 15.0. The molecule has 5 N–H and O–H groups in total. The SMILES string of the molecule is CC(=O)O[C@@]12COC1C[C@H](O)[C@@](C)(C(=O)[C@@H](C)O)[C@@H]2[C@H](OC(=O)c1ccccc1)[C@]1(O)C[C@H](OC(=O)[C@H](OC(=O)COCCOCCNC(=O)OCc2ccccc2)[C@@H](NC(=O)OC(C)(C)C)c2ccccc2)C(C)=CC1(C)C. The summed E-state index contributed by atoms with van der Waals surface area (Å²) in [5.74, 6) is -6.64. The van der Waals surface area contributed by atoms with Crippen molar-refractivity contribution < 1.29 is 91.5 Å². The van der Waals surface area contributed by atoms with Crippen LogP contribution >= 0.6 is 0 Å². The molecule has 0 radical (unpaired) electrons. The van der Waals surface area contributed by atoms with Crippen molar-refractivity contribution in [2.24, 2.45) is 16.7 Å². The van der Waals surface area contributed by atoms with Gasteiger partial charge in [-0.15, -0.1) is 0 Å². The molecule has 2 amide bonds. The van der Waals surface area contributed by atoms with E-state index >= 15 is 4.79 Å². The smallest absolute Gasteiger partial charge is 0.408 e. The molecule has 0 spiro atoms. The van der Waals surface area contributed by atoms with Gasteiger partial charge in [0, 0.05) is 31.7 Å². The van der Waals surface area contributed by atoms with Crippen LogP contribution in [-0.2, 0) is 68.4 Å². The molecule has 3 aromatic rings. The minimum absolute atomic E-state index is 0.0115. The molecule has 1 heterocycles. The van der Waals surface area contributed by atoms with Crippen LogP contribution < -0.4 is 10.6 Å². The van der Waals surface area contributed by atoms with Gasteiger partial charge in [-0.2, -0.15) is 0 Å². The number of amides is 2. The van der Waals surface area contributed by atoms with Crippen molar-refractivity contribution in [3.8, 4) is 0 Å². The van der Waals surface area contributed by atoms with Crippen molar-refractivity contribution in [3.05, 3.63) is 119 Å². The molecule has 3 aliphatic rings. The highest BCUT2D eigenvalue weighted by Crippen LogP contribution is 2.61. The number of esters is 4. The lowest BCUT2D eigenvalue weighted by Gasteiger charge is -2.65. The molecule has 1 unspecified atom stereocenters. The van der Waals surface area contributed by atoms with E-state index in [1.54, 1.807) is 96.1 Å². The number of hydrogen-bond donors (Lipinski definition) is 5. The summed E-state index contributed by atoms with van der Waals surface area (Å²) in [7, 11) is 0. The summed E-state index contributed by atoms with van der Waals surface area (Å²) in [4.78, 5) is 96.5. The molecular formula is C58H74N2O19. The molecule has 11 atom stereocenters. The number of Topliss-reactive ketones (excluding diaryl/α,β-unsaturated/α-hetero) is 1. The predicted molar refractivity (Wildman–Crippen MR) is 280 cm³/mol. The first kappa shape index (κ1) is 61.5. The van der Waals surface area contributed by atoms with E-state index < -0.39 is 131 Å². The van der Waals surface area contributed by atoms with Gasteiger partial charge in [0.1, 0.15) is 54.9 Å². The second-order valence-electron chi connectivity index (χ2n) is 21.9. The van der Waals surface area contributed by atoms with Gasteiger partial charge >= 0.3 is 36.1 Å². The highest BCUT2D eigenvalue weighted by molar-refractivity contribution is 5.91. The lowest BCUT2D eigenvalue weighted by Crippen LogP contribution is -2.80. The molecule has 0 bridgehead atoms. The first-order valence-corrected chi connectivity index (χ1v) is 26.2. The van der Waals surface area contributed by atoms with Gasteiger partial charge in [-0.05, 0) is 70.4 Å². The molecule has 79 heavy (non-hydrogen) atoms. The number of ketones is 1. The zero-order valence-corrected chi connectivity index (χ0v) is 46.1. The van der Waals surface area contributed by atoms with Crippen LogP contribution in [-0.4, -0.2) is 150 Å². The Balaban J connectivity index is 1.30. The fraction of sp³-hybridized carbons (Fsp3) is 0.534. The Morgan fingerprint density at radius 2 is 1.46 bits per heavy atom. The number of alkyl carbamates (subject to hydrolysis) is 2. The van der Waals surface area contributed by atoms with E-state index in [1.807, 2.05) is 30.3 Å². The fourth-order valence-electron chi connectivity index (χ4n) is 10.6. The molecule has 430 valence electrons. The summed E-state index contributed by atoms with van der Waals surface area (Å²) < 4.78 is 52.4. The molecule has 1 saturated heterocycles. The minimum atomic E-state index is -2.42. The molecule has 1 aliphatic heterocycles. The van der Waals surface area contributed by atoms with Gasteiger partial charge < -0.3 is 68.6 Å². The van der Waals surface area contributed by atoms with Gasteiger partial charge in [0.2, 0.25) is 6.10 Å². The molecule has 1 saturated carbocycles. The van der Waals surface area contributed by atoms with E-state index in [0.717, 1.165) is 12.5 Å². The number of rotatable bonds is 23. The zero-order valence-electron chi connectivity index (χ0n) is 46.1. The second-order valence-corrected chi connectivity index (χ2v) is 21.9. The number of nitrogens with one attached hydrogen (secondary N) is 2. The summed E-state index contributed by atoms with van der Waals surface area (Å²) in [6, 6.07) is 23.5. The predicted octanol–water partition coefficient (Wildman–Crippen LogP) is 5.41. The lowest BCUT2D eigenvalue weighted by atomic mass is 9.48. The monoisotopic (exact) mass is 1100 g/mol. The number of aliphatic hydroxyl groups excluding tert-OH is 2. The topological polar surface area (TPSA) is 287 Å². The van der Waals surface area contributed by atoms with Crippen LogP contribution in [0.4, 0.5) is 9.59 Å². The maximum Gasteiger partial charge on any atom is 0.408 e. The lowest BCUT2D eigenvalue weighted by molar-refractivity contribution is -0.343. The first-order chi connectivity index (χ1) is 37.2. The average molecular weight is 1100 g/mol. The highest BCUT2D eigenvalue weighted by Gasteiger charge is 2.75. The van der Waals surface area contributed by atoms with Gasteiger partial charge in [0.15, 0.2) is 11.4 Å². The first-order valence-electron chi connectivity index (χ1n) is 26.2. The van der Waals surface area contributed by atoms with Crippen molar-refractivity contribution in [1.82, 2.24) is 10.6 Å². The van der Waals surface area contributed by atoms with E-state index in [2.05, 4.69) is 10.6 Å². The number of carbonyl (C=O) groups excluding carboxylic acids is 7. The molecule has 2 fully saturated rings. The normalized spacial score (nSPS) is 25.6. The summed E-state index contributed by atoms with van der Waals surface area (Å²) in [5, 5.41) is 42.0. The Bertz CT molecular complexity index is 2640. The summed E-state index contributed by atoms with van der Waals surface area (Å²) in [6.45, 7) is 12.5. The Hall–Kier alpha value is -6.75. The average Bonchev–Trinajstić information content (AvgIpc) is 3.58. The number of carbonyl (C=O) groups is 7. The zero-order chi connectivity index (χ0) is 57.9. The van der Waals surface area contributed by atoms with Crippen molar-refractivity contribution >= 4 is 41.8 Å². The summed E-state index contributed by atoms with van der Waals surface area (Å²) >= 11 is 0. The Morgan fingerprint density at radius 3 is 2.05 bits per heavy atom. The van der Waals surface area contributed by atoms with Gasteiger partial charge in [0.25, 0.3) is 0 Å². The van der Waals surface area contributed by atoms with Crippen molar-refractivity contribution in [1.29, 1.82) is 0 Å². The van der Waals surface area contributed by atoms with Crippen LogP contribution in [0.15, 0.2) is 103 Å². The standard InChI is InChI=1S/C58H74N2O19/c1-35-30-55(7,8)58(70,49(77-50(66)40-23-17-12-18-24-40)47-56(9,48(65)36(2)61)42(63)29-43-57(47,34-74-43)78-37(3)62)31-41(35)75-51(67)46(45(39-21-15-11-16-22-39)60-53(69)79-54(4,5)6)76-44(64)33-72-28-27-71-26-25-59-52(68)73-32-38-19-13-10-14-20-38/h10-24,30,36,41-43,45-47,49,61,63,70H,25-29,31-34H2,1-9H3,(H,59,68)(H,60,69)/t36-,41+,42+,43?,45+,46-,47+,49+,56-,57+,58-/m1/s1. The quantitative estimate of drug-likeness (QED) is 0.0343. The van der Waals surface area contributed by atoms with Crippen LogP contribution in [0.25, 0.3) is 0 Å². The van der Waals surface area contributed by atoms with E-state index in [0.29, 0.717) is 5.57 Å². The molecule has 21 nitrogen and oxygen atoms in total. The van der Waals surface area contributed by atoms with Crippen molar-refractivity contribution in [3.63, 3.8) is 0 Å². The Kier molecular flexibility index (Phi) is 20.2. The Morgan fingerprint density at radius 1 is 0.835 bits per heavy atom. The number of benzene rings is 3. The maximum absolute atomic E-state index is 15.0. The van der Waals surface area contributed by atoms with Crippen molar-refractivity contribution in [2.45, 2.75) is 141 Å². The largest absolute Gasteiger partial charge is 0.455 e. The van der Waals surface area contributed by atoms with Gasteiger partial charge in [0.05, 0.1) is 49.4 Å². The van der Waals surface area contributed by atoms with Crippen LogP contribution in [0.5, 0.6) is 0 Å². The van der Waals surface area contributed by atoms with Crippen LogP contribution in [0.1, 0.15) is 103 Å². The van der Waals surface area contributed by atoms with Gasteiger partial charge in [-0.1, -0.05) is 98.8 Å². The second kappa shape index (κ2) is 26.0. The highest BCUT2D eigenvalue weighted by atomic mass is 16.6. The third-order valence-corrected chi connectivity index (χ3v) is 14.5. The summed E-state index contributed by atoms with van der Waals surface area (Å²) in [5.41, 5.74) is -7.36. The number of fused-ring (bicyclic) bond motifs is 1. The third-order valence-electron chi connectivity index (χ3n) is 14.5. The molecule has 0 aromatic heterocycles. The van der Waals surface area contributed by atoms with Crippen LogP contribution in [0.2, 0.25) is 0 Å². The van der Waals surface area contributed by atoms with Crippen LogP contribution in [0.3, 0.4) is 0 Å². The Labute approximate surface area is 459 Å². The van der Waals surface area contributed by atoms with Crippen molar-refractivity contribution in [2.75, 3.05) is 39.6 Å².